The van der Waals surface area contributed by atoms with Crippen molar-refractivity contribution in [1.82, 2.24) is 4.57 Å². The van der Waals surface area contributed by atoms with Crippen LogP contribution < -0.4 is 29.3 Å². The highest BCUT2D eigenvalue weighted by Gasteiger charge is 2.39. The van der Waals surface area contributed by atoms with Gasteiger partial charge in [-0.2, -0.15) is 0 Å². The minimum absolute atomic E-state index is 0.0828. The lowest BCUT2D eigenvalue weighted by Crippen LogP contribution is -2.41. The van der Waals surface area contributed by atoms with Crippen LogP contribution in [0.1, 0.15) is 51.8 Å². The Kier molecular flexibility index (Phi) is 7.65. The van der Waals surface area contributed by atoms with E-state index in [1.807, 2.05) is 0 Å². The van der Waals surface area contributed by atoms with Crippen molar-refractivity contribution in [2.75, 3.05) is 18.1 Å². The first-order valence-corrected chi connectivity index (χ1v) is 14.0. The summed E-state index contributed by atoms with van der Waals surface area (Å²) in [6, 6.07) is 10.5. The number of carbonyl (C=O) groups excluding carboxylic acids is 4. The Morgan fingerprint density at radius 3 is 2.40 bits per heavy atom. The number of esters is 2. The fraction of sp³-hybridized carbons (Fsp3) is 0.267. The third kappa shape index (κ3) is 4.73. The van der Waals surface area contributed by atoms with E-state index in [1.54, 1.807) is 57.2 Å². The first-order chi connectivity index (χ1) is 20.1. The van der Waals surface area contributed by atoms with Crippen LogP contribution in [0.15, 0.2) is 63.5 Å². The van der Waals surface area contributed by atoms with Gasteiger partial charge >= 0.3 is 11.9 Å². The van der Waals surface area contributed by atoms with Crippen molar-refractivity contribution in [1.29, 1.82) is 0 Å². The van der Waals surface area contributed by atoms with E-state index in [2.05, 4.69) is 4.99 Å². The molecule has 0 saturated heterocycles. The number of hydrogen-bond acceptors (Lipinski definition) is 10. The second kappa shape index (κ2) is 11.2. The monoisotopic (exact) mass is 589 g/mol. The minimum Gasteiger partial charge on any atom is -0.490 e. The molecule has 0 radical (unpaired) electrons. The molecule has 2 aliphatic heterocycles. The summed E-state index contributed by atoms with van der Waals surface area (Å²) in [5.41, 5.74) is 1.29. The van der Waals surface area contributed by atoms with Crippen LogP contribution in [0.4, 0.5) is 5.69 Å². The van der Waals surface area contributed by atoms with Crippen molar-refractivity contribution in [3.8, 4) is 11.5 Å². The van der Waals surface area contributed by atoms with Gasteiger partial charge < -0.3 is 14.2 Å². The molecule has 42 heavy (non-hydrogen) atoms. The number of allylic oxidation sites excluding steroid dienone is 1. The SMILES string of the molecule is CCOC(=O)C1=C(C)N=c2s/c(=C3\C(=O)N(C(C)=O)c4ccccc43)c(=O)n2C1c1ccc(OC(C)=O)c(OCC)c1. The lowest BCUT2D eigenvalue weighted by atomic mass is 9.95. The summed E-state index contributed by atoms with van der Waals surface area (Å²) in [7, 11) is 0. The van der Waals surface area contributed by atoms with Gasteiger partial charge in [-0.05, 0) is 44.5 Å². The third-order valence-electron chi connectivity index (χ3n) is 6.70. The van der Waals surface area contributed by atoms with Crippen LogP contribution in [-0.2, 0) is 23.9 Å². The van der Waals surface area contributed by atoms with Crippen LogP contribution in [0, 0.1) is 0 Å². The standard InChI is InChI=1S/C30H27N3O8S/c1-6-39-22-14-18(12-13-21(22)41-17(5)35)25-23(29(38)40-7-2)15(3)31-30-33(25)28(37)26(42-30)24-19-10-8-9-11-20(19)32(16(4)34)27(24)36/h8-14,25H,6-7H2,1-5H3/b26-24-. The Morgan fingerprint density at radius 1 is 1.00 bits per heavy atom. The number of rotatable bonds is 6. The van der Waals surface area contributed by atoms with Gasteiger partial charge in [-0.15, -0.1) is 0 Å². The predicted octanol–water partition coefficient (Wildman–Crippen LogP) is 2.39. The number of amides is 2. The largest absolute Gasteiger partial charge is 0.490 e. The highest BCUT2D eigenvalue weighted by Crippen LogP contribution is 2.38. The average molecular weight is 590 g/mol. The van der Waals surface area contributed by atoms with Crippen LogP contribution in [0.5, 0.6) is 11.5 Å². The molecule has 0 fully saturated rings. The van der Waals surface area contributed by atoms with E-state index >= 15 is 0 Å². The van der Waals surface area contributed by atoms with Crippen LogP contribution in [0.3, 0.4) is 0 Å². The molecule has 2 aromatic carbocycles. The van der Waals surface area contributed by atoms with Gasteiger partial charge in [0, 0.05) is 19.4 Å². The number of carbonyl (C=O) groups is 4. The number of benzene rings is 2. The van der Waals surface area contributed by atoms with Gasteiger partial charge in [-0.25, -0.2) is 14.7 Å². The molecule has 0 saturated carbocycles. The van der Waals surface area contributed by atoms with Gasteiger partial charge in [0.05, 0.1) is 41.8 Å². The Balaban J connectivity index is 1.81. The smallest absolute Gasteiger partial charge is 0.338 e. The molecular weight excluding hydrogens is 562 g/mol. The fourth-order valence-corrected chi connectivity index (χ4v) is 6.24. The van der Waals surface area contributed by atoms with Crippen molar-refractivity contribution >= 4 is 46.4 Å². The maximum Gasteiger partial charge on any atom is 0.338 e. The highest BCUT2D eigenvalue weighted by atomic mass is 32.1. The van der Waals surface area contributed by atoms with Gasteiger partial charge in [0.2, 0.25) is 5.91 Å². The second-order valence-corrected chi connectivity index (χ2v) is 10.4. The summed E-state index contributed by atoms with van der Waals surface area (Å²) in [6.07, 6.45) is 0. The maximum absolute atomic E-state index is 14.2. The molecule has 3 aromatic rings. The molecule has 216 valence electrons. The Bertz CT molecular complexity index is 1880. The molecular formula is C30H27N3O8S. The predicted molar refractivity (Wildman–Crippen MR) is 153 cm³/mol. The fourth-order valence-electron chi connectivity index (χ4n) is 5.11. The van der Waals surface area contributed by atoms with Crippen molar-refractivity contribution in [2.45, 2.75) is 40.7 Å². The third-order valence-corrected chi connectivity index (χ3v) is 7.76. The van der Waals surface area contributed by atoms with E-state index in [1.165, 1.54) is 24.5 Å². The first-order valence-electron chi connectivity index (χ1n) is 13.2. The summed E-state index contributed by atoms with van der Waals surface area (Å²) in [6.45, 7) is 7.99. The van der Waals surface area contributed by atoms with E-state index in [0.717, 1.165) is 16.2 Å². The zero-order valence-corrected chi connectivity index (χ0v) is 24.4. The molecule has 1 atom stereocenters. The molecule has 2 amide bonds. The normalized spacial score (nSPS) is 16.9. The molecule has 0 aliphatic carbocycles. The number of fused-ring (bicyclic) bond motifs is 2. The number of nitrogens with zero attached hydrogens (tertiary/aromatic N) is 3. The van der Waals surface area contributed by atoms with Crippen molar-refractivity contribution in [3.63, 3.8) is 0 Å². The van der Waals surface area contributed by atoms with Crippen LogP contribution in [0.2, 0.25) is 0 Å². The van der Waals surface area contributed by atoms with Gasteiger partial charge in [-0.1, -0.05) is 35.6 Å². The van der Waals surface area contributed by atoms with Crippen LogP contribution in [0.25, 0.3) is 5.57 Å². The first kappa shape index (κ1) is 28.7. The number of thiazole rings is 1. The lowest BCUT2D eigenvalue weighted by Gasteiger charge is -2.25. The summed E-state index contributed by atoms with van der Waals surface area (Å²) in [4.78, 5) is 71.0. The lowest BCUT2D eigenvalue weighted by molar-refractivity contribution is -0.139. The summed E-state index contributed by atoms with van der Waals surface area (Å²) in [5.74, 6) is -1.87. The van der Waals surface area contributed by atoms with E-state index in [4.69, 9.17) is 14.2 Å². The Labute approximate surface area is 244 Å². The van der Waals surface area contributed by atoms with Gasteiger partial charge in [0.1, 0.15) is 4.53 Å². The van der Waals surface area contributed by atoms with Crippen LogP contribution in [-0.4, -0.2) is 41.5 Å². The van der Waals surface area contributed by atoms with E-state index in [0.29, 0.717) is 22.5 Å². The maximum atomic E-state index is 14.2. The number of aromatic nitrogens is 1. The van der Waals surface area contributed by atoms with Gasteiger partial charge in [0.25, 0.3) is 11.5 Å². The highest BCUT2D eigenvalue weighted by molar-refractivity contribution is 7.07. The Morgan fingerprint density at radius 2 is 1.74 bits per heavy atom. The number of ether oxygens (including phenoxy) is 3. The summed E-state index contributed by atoms with van der Waals surface area (Å²) < 4.78 is 17.8. The second-order valence-electron chi connectivity index (χ2n) is 9.41. The zero-order valence-electron chi connectivity index (χ0n) is 23.5. The topological polar surface area (TPSA) is 134 Å². The molecule has 2 aliphatic rings. The van der Waals surface area contributed by atoms with Crippen molar-refractivity contribution in [3.05, 3.63) is 84.5 Å². The van der Waals surface area contributed by atoms with Crippen molar-refractivity contribution in [2.24, 2.45) is 4.99 Å². The quantitative estimate of drug-likeness (QED) is 0.316. The molecule has 0 bridgehead atoms. The number of hydrogen-bond donors (Lipinski definition) is 0. The summed E-state index contributed by atoms with van der Waals surface area (Å²) >= 11 is 0.997. The minimum atomic E-state index is -1.00. The molecule has 12 heteroatoms. The van der Waals surface area contributed by atoms with Crippen LogP contribution >= 0.6 is 11.3 Å². The number of anilines is 1. The molecule has 0 N–H and O–H groups in total. The Hall–Kier alpha value is -4.84. The van der Waals surface area contributed by atoms with Crippen molar-refractivity contribution < 1.29 is 33.4 Å². The number of para-hydroxylation sites is 1. The van der Waals surface area contributed by atoms with E-state index in [-0.39, 0.29) is 45.2 Å². The van der Waals surface area contributed by atoms with E-state index in [9.17, 15) is 24.0 Å². The number of imide groups is 1. The average Bonchev–Trinajstić information content (AvgIpc) is 3.41. The molecule has 0 spiro atoms. The van der Waals surface area contributed by atoms with E-state index < -0.39 is 35.4 Å². The molecule has 3 heterocycles. The summed E-state index contributed by atoms with van der Waals surface area (Å²) in [5, 5.41) is 0. The molecule has 1 aromatic heterocycles. The molecule has 11 nitrogen and oxygen atoms in total. The molecule has 5 rings (SSSR count). The molecule has 1 unspecified atom stereocenters. The zero-order chi connectivity index (χ0) is 30.3. The van der Waals surface area contributed by atoms with Gasteiger partial charge in [-0.3, -0.25) is 23.7 Å². The van der Waals surface area contributed by atoms with Gasteiger partial charge in [0.15, 0.2) is 16.3 Å².